The summed E-state index contributed by atoms with van der Waals surface area (Å²) < 4.78 is 0. The van der Waals surface area contributed by atoms with Gasteiger partial charge in [0.2, 0.25) is 0 Å². The molecule has 0 amide bonds. The maximum Gasteiger partial charge on any atom is 0.0737 e. The van der Waals surface area contributed by atoms with E-state index in [9.17, 15) is 0 Å². The fraction of sp³-hybridized carbons (Fsp3) is 0.261. The van der Waals surface area contributed by atoms with Crippen molar-refractivity contribution in [1.29, 1.82) is 0 Å². The van der Waals surface area contributed by atoms with E-state index in [1.807, 2.05) is 0 Å². The molecule has 0 spiro atoms. The molecule has 2 heterocycles. The van der Waals surface area contributed by atoms with Crippen LogP contribution in [0.2, 0.25) is 0 Å². The number of benzene rings is 4. The van der Waals surface area contributed by atoms with Crippen LogP contribution < -0.4 is 0 Å². The first-order valence-electron chi connectivity index (χ1n) is 17.1. The first kappa shape index (κ1) is 33.1. The Bertz CT molecular complexity index is 2100. The fourth-order valence-corrected chi connectivity index (χ4v) is 6.73. The first-order chi connectivity index (χ1) is 22.7. The molecule has 0 radical (unpaired) electrons. The fourth-order valence-electron chi connectivity index (χ4n) is 6.73. The highest BCUT2D eigenvalue weighted by Crippen LogP contribution is 2.39. The Morgan fingerprint density at radius 3 is 0.938 bits per heavy atom. The summed E-state index contributed by atoms with van der Waals surface area (Å²) in [7, 11) is 0. The number of aryl methyl sites for hydroxylation is 6. The smallest absolute Gasteiger partial charge is 0.0737 e. The molecule has 4 aromatic carbocycles. The van der Waals surface area contributed by atoms with Crippen molar-refractivity contribution in [2.24, 2.45) is 0 Å². The van der Waals surface area contributed by atoms with Crippen LogP contribution in [0.3, 0.4) is 0 Å². The van der Waals surface area contributed by atoms with E-state index in [-0.39, 0.29) is 0 Å². The van der Waals surface area contributed by atoms with Crippen LogP contribution in [0.4, 0.5) is 0 Å². The average Bonchev–Trinajstić information content (AvgIpc) is 3.08. The number of rotatable bonds is 5. The molecule has 0 aliphatic rings. The quantitative estimate of drug-likeness (QED) is 0.190. The number of hydrogen-bond donors (Lipinski definition) is 0. The molecule has 48 heavy (non-hydrogen) atoms. The van der Waals surface area contributed by atoms with Crippen molar-refractivity contribution in [3.05, 3.63) is 140 Å². The first-order valence-corrected chi connectivity index (χ1v) is 17.1. The number of hydrogen-bond acceptors (Lipinski definition) is 2. The third kappa shape index (κ3) is 6.01. The van der Waals surface area contributed by atoms with E-state index < -0.39 is 0 Å². The minimum absolute atomic E-state index is 1.04. The number of nitrogens with zero attached hydrogens (tertiary/aromatic N) is 2. The molecule has 0 aliphatic carbocycles. The van der Waals surface area contributed by atoms with Gasteiger partial charge in [-0.05, 0) is 208 Å². The highest BCUT2D eigenvalue weighted by atomic mass is 14.7. The summed E-state index contributed by atoms with van der Waals surface area (Å²) in [6, 6.07) is 27.6. The van der Waals surface area contributed by atoms with Crippen LogP contribution in [-0.4, -0.2) is 9.97 Å². The lowest BCUT2D eigenvalue weighted by molar-refractivity contribution is 1.09. The Morgan fingerprint density at radius 1 is 0.271 bits per heavy atom. The topological polar surface area (TPSA) is 25.8 Å². The molecule has 2 nitrogen and oxygen atoms in total. The van der Waals surface area contributed by atoms with E-state index in [2.05, 4.69) is 156 Å². The number of pyridine rings is 2. The van der Waals surface area contributed by atoms with Gasteiger partial charge in [0.05, 0.1) is 11.4 Å². The molecule has 2 heteroatoms. The molecule has 2 aromatic heterocycles. The highest BCUT2D eigenvalue weighted by Gasteiger charge is 2.18. The summed E-state index contributed by atoms with van der Waals surface area (Å²) in [6.45, 7) is 26.2. The summed E-state index contributed by atoms with van der Waals surface area (Å²) in [5, 5.41) is 0. The van der Waals surface area contributed by atoms with Crippen LogP contribution in [0.1, 0.15) is 67.0 Å². The van der Waals surface area contributed by atoms with Gasteiger partial charge in [0.15, 0.2) is 0 Å². The molecular weight excluding hydrogens is 581 g/mol. The molecule has 0 atom stereocenters. The Labute approximate surface area is 288 Å². The molecule has 0 saturated carbocycles. The predicted molar refractivity (Wildman–Crippen MR) is 206 cm³/mol. The second-order valence-electron chi connectivity index (χ2n) is 14.0. The van der Waals surface area contributed by atoms with Crippen LogP contribution in [0.25, 0.3) is 55.9 Å². The zero-order valence-electron chi connectivity index (χ0n) is 30.8. The molecular formula is C46H48N2. The van der Waals surface area contributed by atoms with Crippen LogP contribution in [-0.2, 0) is 0 Å². The van der Waals surface area contributed by atoms with Crippen molar-refractivity contribution in [2.75, 3.05) is 0 Å². The Morgan fingerprint density at radius 2 is 0.583 bits per heavy atom. The van der Waals surface area contributed by atoms with E-state index in [1.54, 1.807) is 0 Å². The van der Waals surface area contributed by atoms with E-state index in [4.69, 9.17) is 9.97 Å². The van der Waals surface area contributed by atoms with Gasteiger partial charge in [-0.25, -0.2) is 0 Å². The molecule has 0 fully saturated rings. The van der Waals surface area contributed by atoms with Crippen molar-refractivity contribution >= 4 is 0 Å². The summed E-state index contributed by atoms with van der Waals surface area (Å²) in [5.74, 6) is 0. The average molecular weight is 629 g/mol. The molecule has 0 unspecified atom stereocenters. The summed E-state index contributed by atoms with van der Waals surface area (Å²) in [5.41, 5.74) is 26.5. The molecule has 0 saturated heterocycles. The van der Waals surface area contributed by atoms with Gasteiger partial charge in [0.1, 0.15) is 0 Å². The molecule has 6 aromatic rings. The third-order valence-corrected chi connectivity index (χ3v) is 11.0. The Hall–Kier alpha value is -4.82. The maximum atomic E-state index is 5.19. The van der Waals surface area contributed by atoms with Crippen molar-refractivity contribution in [3.8, 4) is 55.9 Å². The lowest BCUT2D eigenvalue weighted by atomic mass is 9.88. The monoisotopic (exact) mass is 628 g/mol. The minimum Gasteiger partial charge on any atom is -0.253 e. The van der Waals surface area contributed by atoms with Crippen LogP contribution in [0.5, 0.6) is 0 Å². The van der Waals surface area contributed by atoms with Crippen LogP contribution >= 0.6 is 0 Å². The Balaban J connectivity index is 1.68. The molecule has 0 bridgehead atoms. The van der Waals surface area contributed by atoms with Crippen LogP contribution in [0.15, 0.2) is 72.8 Å². The van der Waals surface area contributed by atoms with Crippen molar-refractivity contribution < 1.29 is 0 Å². The summed E-state index contributed by atoms with van der Waals surface area (Å²) >= 11 is 0. The predicted octanol–water partition coefficient (Wildman–Crippen LogP) is 12.5. The van der Waals surface area contributed by atoms with Gasteiger partial charge in [0, 0.05) is 22.5 Å². The van der Waals surface area contributed by atoms with Gasteiger partial charge in [-0.15, -0.1) is 0 Å². The van der Waals surface area contributed by atoms with Gasteiger partial charge < -0.3 is 0 Å². The zero-order chi connectivity index (χ0) is 34.6. The largest absolute Gasteiger partial charge is 0.253 e. The lowest BCUT2D eigenvalue weighted by Crippen LogP contribution is -2.02. The van der Waals surface area contributed by atoms with Gasteiger partial charge in [-0.1, -0.05) is 36.4 Å². The van der Waals surface area contributed by atoms with Gasteiger partial charge >= 0.3 is 0 Å². The van der Waals surface area contributed by atoms with E-state index >= 15 is 0 Å². The maximum absolute atomic E-state index is 5.19. The normalized spacial score (nSPS) is 11.3. The highest BCUT2D eigenvalue weighted by molar-refractivity contribution is 5.86. The molecule has 242 valence electrons. The Kier molecular flexibility index (Phi) is 8.73. The van der Waals surface area contributed by atoms with E-state index in [0.717, 1.165) is 39.5 Å². The zero-order valence-corrected chi connectivity index (χ0v) is 30.8. The van der Waals surface area contributed by atoms with E-state index in [1.165, 1.54) is 83.5 Å². The standard InChI is InChI=1S/C46H48N2/c1-25-13-15-37(17-27(25)3)39-19-40(38-16-14-26(2)28(4)18-38)21-41(20-39)42-22-43(45-33(9)29(5)31(7)35(11)47-45)24-44(23-42)46-34(10)30(6)32(8)36(12)48-46/h13-24H,1-12H3. The third-order valence-electron chi connectivity index (χ3n) is 11.0. The SMILES string of the molecule is Cc1ccc(-c2cc(-c3cc(-c4nc(C)c(C)c(C)c4C)cc(-c4nc(C)c(C)c(C)c4C)c3)cc(-c3ccc(C)c(C)c3)c2)cc1C. The molecule has 0 aliphatic heterocycles. The summed E-state index contributed by atoms with van der Waals surface area (Å²) in [6.07, 6.45) is 0. The minimum atomic E-state index is 1.04. The van der Waals surface area contributed by atoms with Crippen molar-refractivity contribution in [1.82, 2.24) is 9.97 Å². The van der Waals surface area contributed by atoms with Crippen LogP contribution in [0, 0.1) is 83.1 Å². The van der Waals surface area contributed by atoms with Crippen molar-refractivity contribution in [3.63, 3.8) is 0 Å². The molecule has 0 N–H and O–H groups in total. The van der Waals surface area contributed by atoms with Crippen molar-refractivity contribution in [2.45, 2.75) is 83.1 Å². The second kappa shape index (κ2) is 12.7. The lowest BCUT2D eigenvalue weighted by Gasteiger charge is -2.19. The van der Waals surface area contributed by atoms with Gasteiger partial charge in [-0.2, -0.15) is 0 Å². The second-order valence-corrected chi connectivity index (χ2v) is 14.0. The van der Waals surface area contributed by atoms with Gasteiger partial charge in [-0.3, -0.25) is 9.97 Å². The molecule has 6 rings (SSSR count). The number of aromatic nitrogens is 2. The summed E-state index contributed by atoms with van der Waals surface area (Å²) in [4.78, 5) is 10.4. The van der Waals surface area contributed by atoms with E-state index in [0.29, 0.717) is 0 Å². The van der Waals surface area contributed by atoms with Gasteiger partial charge in [0.25, 0.3) is 0 Å².